The zero-order valence-corrected chi connectivity index (χ0v) is 23.3. The van der Waals surface area contributed by atoms with E-state index in [1.807, 2.05) is 6.92 Å². The van der Waals surface area contributed by atoms with Gasteiger partial charge in [0.1, 0.15) is 16.7 Å². The van der Waals surface area contributed by atoms with Gasteiger partial charge in [-0.25, -0.2) is 13.2 Å². The van der Waals surface area contributed by atoms with Gasteiger partial charge in [-0.3, -0.25) is 19.1 Å². The lowest BCUT2D eigenvalue weighted by Crippen LogP contribution is -2.48. The number of carbonyl (C=O) groups is 2. The Morgan fingerprint density at radius 3 is 2.49 bits per heavy atom. The number of carbonyl (C=O) groups excluding carboxylic acids is 2. The number of nitrogens with zero attached hydrogens (tertiary/aromatic N) is 3. The van der Waals surface area contributed by atoms with Gasteiger partial charge in [0.15, 0.2) is 0 Å². The van der Waals surface area contributed by atoms with Crippen LogP contribution in [0, 0.1) is 13.8 Å². The fourth-order valence-electron chi connectivity index (χ4n) is 4.01. The quantitative estimate of drug-likeness (QED) is 0.488. The molecule has 15 heteroatoms. The van der Waals surface area contributed by atoms with Crippen LogP contribution >= 0.6 is 0 Å². The van der Waals surface area contributed by atoms with Crippen molar-refractivity contribution in [3.8, 4) is 5.75 Å². The number of anilines is 2. The Kier molecular flexibility index (Phi) is 8.43. The van der Waals surface area contributed by atoms with Gasteiger partial charge in [0.2, 0.25) is 11.5 Å². The molecule has 1 aliphatic rings. The Balaban J connectivity index is 2.02. The van der Waals surface area contributed by atoms with Gasteiger partial charge < -0.3 is 14.8 Å². The van der Waals surface area contributed by atoms with Crippen molar-refractivity contribution in [3.05, 3.63) is 29.6 Å². The molecule has 1 aliphatic heterocycles. The number of ether oxygens (including phenoxy) is 2. The van der Waals surface area contributed by atoms with Gasteiger partial charge in [-0.1, -0.05) is 6.92 Å². The van der Waals surface area contributed by atoms with Gasteiger partial charge in [0, 0.05) is 19.2 Å². The summed E-state index contributed by atoms with van der Waals surface area (Å²) in [5, 5.41) is 9.18. The minimum Gasteiger partial charge on any atom is -0.484 e. The summed E-state index contributed by atoms with van der Waals surface area (Å²) in [5.74, 6) is -0.197. The van der Waals surface area contributed by atoms with Crippen LogP contribution in [0.25, 0.3) is 0 Å². The highest BCUT2D eigenvalue weighted by Gasteiger charge is 2.51. The fourth-order valence-corrected chi connectivity index (χ4v) is 5.89. The SMILES string of the molecule is CCCn1nc(C)c(S(=O)(=O)N2C[C@H](CNC(C)=O)Oc3ccc(NC(=O)OC(C)(C)C(F)(F)F)cc32)c1C. The number of nitrogens with one attached hydrogen (secondary N) is 2. The van der Waals surface area contributed by atoms with Gasteiger partial charge in [0.25, 0.3) is 10.0 Å². The molecule has 3 rings (SSSR count). The van der Waals surface area contributed by atoms with Crippen molar-refractivity contribution in [2.45, 2.75) is 77.3 Å². The maximum Gasteiger partial charge on any atom is 0.427 e. The van der Waals surface area contributed by atoms with E-state index in [1.165, 1.54) is 25.1 Å². The molecule has 1 atom stereocenters. The minimum absolute atomic E-state index is 0.00627. The molecule has 0 saturated carbocycles. The lowest BCUT2D eigenvalue weighted by molar-refractivity contribution is -0.242. The van der Waals surface area contributed by atoms with Crippen LogP contribution in [0.5, 0.6) is 5.75 Å². The standard InChI is InChI=1S/C24H32F3N5O6S/c1-7-10-31-15(3)21(14(2)30-31)39(35,36)32-13-18(12-28-16(4)33)37-20-9-8-17(11-19(20)32)29-22(34)38-23(5,6)24(25,26)27/h8-9,11,18H,7,10,12-13H2,1-6H3,(H,28,33)(H,29,34)/t18-/m0/s1. The number of fused-ring (bicyclic) bond motifs is 1. The van der Waals surface area contributed by atoms with Gasteiger partial charge in [-0.2, -0.15) is 18.3 Å². The molecule has 2 N–H and O–H groups in total. The largest absolute Gasteiger partial charge is 0.484 e. The average Bonchev–Trinajstić information content (AvgIpc) is 3.09. The fraction of sp³-hybridized carbons (Fsp3) is 0.542. The Hall–Kier alpha value is -3.49. The number of alkyl halides is 3. The lowest BCUT2D eigenvalue weighted by Gasteiger charge is -2.36. The summed E-state index contributed by atoms with van der Waals surface area (Å²) in [7, 11) is -4.23. The Morgan fingerprint density at radius 2 is 1.90 bits per heavy atom. The molecule has 1 aromatic carbocycles. The van der Waals surface area contributed by atoms with Crippen LogP contribution in [-0.4, -0.2) is 61.2 Å². The number of hydrogen-bond acceptors (Lipinski definition) is 7. The molecule has 2 heterocycles. The summed E-state index contributed by atoms with van der Waals surface area (Å²) in [6.07, 6.45) is -6.20. The van der Waals surface area contributed by atoms with Crippen molar-refractivity contribution in [1.82, 2.24) is 15.1 Å². The number of hydrogen-bond donors (Lipinski definition) is 2. The van der Waals surface area contributed by atoms with Gasteiger partial charge in [0.05, 0.1) is 30.2 Å². The Morgan fingerprint density at radius 1 is 1.23 bits per heavy atom. The van der Waals surface area contributed by atoms with Crippen LogP contribution in [0.3, 0.4) is 0 Å². The first kappa shape index (κ1) is 30.1. The molecule has 0 aliphatic carbocycles. The maximum atomic E-state index is 14.0. The third kappa shape index (κ3) is 6.40. The highest BCUT2D eigenvalue weighted by Crippen LogP contribution is 2.40. The van der Waals surface area contributed by atoms with E-state index in [-0.39, 0.29) is 41.0 Å². The molecule has 1 aromatic heterocycles. The van der Waals surface area contributed by atoms with E-state index in [1.54, 1.807) is 18.5 Å². The van der Waals surface area contributed by atoms with E-state index in [0.29, 0.717) is 31.8 Å². The van der Waals surface area contributed by atoms with Crippen LogP contribution in [-0.2, 0) is 26.1 Å². The lowest BCUT2D eigenvalue weighted by atomic mass is 10.1. The molecule has 0 radical (unpaired) electrons. The van der Waals surface area contributed by atoms with Crippen LogP contribution in [0.1, 0.15) is 45.5 Å². The van der Waals surface area contributed by atoms with Crippen LogP contribution in [0.15, 0.2) is 23.1 Å². The van der Waals surface area contributed by atoms with E-state index in [9.17, 15) is 31.2 Å². The summed E-state index contributed by atoms with van der Waals surface area (Å²) < 4.78 is 80.6. The van der Waals surface area contributed by atoms with Crippen molar-refractivity contribution in [3.63, 3.8) is 0 Å². The molecular formula is C24H32F3N5O6S. The summed E-state index contributed by atoms with van der Waals surface area (Å²) in [6, 6.07) is 3.98. The van der Waals surface area contributed by atoms with E-state index in [0.717, 1.165) is 10.7 Å². The molecule has 0 unspecified atom stereocenters. The molecule has 2 amide bonds. The predicted molar refractivity (Wildman–Crippen MR) is 136 cm³/mol. The number of rotatable bonds is 8. The normalized spacial score (nSPS) is 15.8. The van der Waals surface area contributed by atoms with E-state index in [4.69, 9.17) is 4.74 Å². The monoisotopic (exact) mass is 575 g/mol. The van der Waals surface area contributed by atoms with Crippen LogP contribution in [0.4, 0.5) is 29.3 Å². The van der Waals surface area contributed by atoms with Gasteiger partial charge in [-0.05, 0) is 52.3 Å². The number of aromatic nitrogens is 2. The smallest absolute Gasteiger partial charge is 0.427 e. The molecule has 0 saturated heterocycles. The zero-order chi connectivity index (χ0) is 29.3. The summed E-state index contributed by atoms with van der Waals surface area (Å²) in [5.41, 5.74) is -2.00. The molecule has 0 bridgehead atoms. The molecule has 216 valence electrons. The van der Waals surface area contributed by atoms with Crippen molar-refractivity contribution < 1.29 is 40.7 Å². The zero-order valence-electron chi connectivity index (χ0n) is 22.5. The molecule has 0 spiro atoms. The van der Waals surface area contributed by atoms with E-state index >= 15 is 0 Å². The predicted octanol–water partition coefficient (Wildman–Crippen LogP) is 3.89. The Bertz CT molecular complexity index is 1360. The minimum atomic E-state index is -4.81. The molecular weight excluding hydrogens is 543 g/mol. The van der Waals surface area contributed by atoms with Crippen molar-refractivity contribution >= 4 is 33.4 Å². The second-order valence-corrected chi connectivity index (χ2v) is 11.4. The van der Waals surface area contributed by atoms with Crippen LogP contribution < -0.4 is 19.7 Å². The second-order valence-electron chi connectivity index (χ2n) is 9.64. The van der Waals surface area contributed by atoms with Gasteiger partial charge >= 0.3 is 12.3 Å². The first-order chi connectivity index (χ1) is 18.0. The number of halogens is 3. The molecule has 2 aromatic rings. The average molecular weight is 576 g/mol. The van der Waals surface area contributed by atoms with Crippen LogP contribution in [0.2, 0.25) is 0 Å². The third-order valence-electron chi connectivity index (χ3n) is 6.04. The number of aryl methyl sites for hydroxylation is 2. The maximum absolute atomic E-state index is 14.0. The van der Waals surface area contributed by atoms with Crippen molar-refractivity contribution in [2.24, 2.45) is 0 Å². The Labute approximate surface area is 224 Å². The summed E-state index contributed by atoms with van der Waals surface area (Å²) in [6.45, 7) is 8.24. The number of sulfonamides is 1. The van der Waals surface area contributed by atoms with E-state index < -0.39 is 34.0 Å². The van der Waals surface area contributed by atoms with Gasteiger partial charge in [-0.15, -0.1) is 0 Å². The second kappa shape index (κ2) is 10.9. The van der Waals surface area contributed by atoms with Crippen molar-refractivity contribution in [1.29, 1.82) is 0 Å². The summed E-state index contributed by atoms with van der Waals surface area (Å²) in [4.78, 5) is 23.7. The highest BCUT2D eigenvalue weighted by molar-refractivity contribution is 7.93. The topological polar surface area (TPSA) is 132 Å². The molecule has 39 heavy (non-hydrogen) atoms. The third-order valence-corrected chi connectivity index (χ3v) is 8.08. The first-order valence-electron chi connectivity index (χ1n) is 12.2. The number of amides is 2. The van der Waals surface area contributed by atoms with E-state index in [2.05, 4.69) is 20.5 Å². The first-order valence-corrected chi connectivity index (χ1v) is 13.6. The molecule has 0 fully saturated rings. The molecule has 11 nitrogen and oxygen atoms in total. The van der Waals surface area contributed by atoms with Crippen molar-refractivity contribution in [2.75, 3.05) is 22.7 Å². The number of benzene rings is 1. The summed E-state index contributed by atoms with van der Waals surface area (Å²) >= 11 is 0. The highest BCUT2D eigenvalue weighted by atomic mass is 32.2.